The second kappa shape index (κ2) is 9.49. The molecule has 0 bridgehead atoms. The average molecular weight is 425 g/mol. The Hall–Kier alpha value is -2.58. The van der Waals surface area contributed by atoms with Crippen molar-refractivity contribution in [1.29, 1.82) is 0 Å². The van der Waals surface area contributed by atoms with Crippen molar-refractivity contribution in [3.05, 3.63) is 53.6 Å². The minimum Gasteiger partial charge on any atom is -0.455 e. The summed E-state index contributed by atoms with van der Waals surface area (Å²) in [5.41, 5.74) is -0.946. The zero-order valence-electron chi connectivity index (χ0n) is 17.6. The van der Waals surface area contributed by atoms with Crippen LogP contribution in [0.15, 0.2) is 42.5 Å². The minimum absolute atomic E-state index is 0.0485. The van der Waals surface area contributed by atoms with E-state index in [0.717, 1.165) is 11.6 Å². The quantitative estimate of drug-likeness (QED) is 0.583. The molecule has 0 heterocycles. The zero-order valence-corrected chi connectivity index (χ0v) is 17.6. The number of alkyl halides is 3. The van der Waals surface area contributed by atoms with Crippen LogP contribution in [0.3, 0.4) is 0 Å². The van der Waals surface area contributed by atoms with Crippen LogP contribution in [0.5, 0.6) is 11.5 Å². The van der Waals surface area contributed by atoms with E-state index in [9.17, 15) is 18.0 Å². The smallest absolute Gasteiger partial charge is 0.420 e. The van der Waals surface area contributed by atoms with E-state index in [0.29, 0.717) is 6.42 Å². The molecule has 2 aromatic carbocycles. The van der Waals surface area contributed by atoms with Crippen molar-refractivity contribution in [3.8, 4) is 11.5 Å². The van der Waals surface area contributed by atoms with E-state index in [1.807, 2.05) is 0 Å². The van der Waals surface area contributed by atoms with Crippen LogP contribution in [-0.2, 0) is 26.9 Å². The first-order valence-electron chi connectivity index (χ1n) is 9.29. The van der Waals surface area contributed by atoms with Gasteiger partial charge in [0.15, 0.2) is 12.0 Å². The molecule has 1 amide bonds. The molecular weight excluding hydrogens is 399 g/mol. The van der Waals surface area contributed by atoms with Crippen LogP contribution in [0.25, 0.3) is 0 Å². The topological polar surface area (TPSA) is 56.8 Å². The van der Waals surface area contributed by atoms with Gasteiger partial charge in [0.2, 0.25) is 5.91 Å². The van der Waals surface area contributed by atoms with Crippen LogP contribution in [0, 0.1) is 5.41 Å². The van der Waals surface area contributed by atoms with Crippen LogP contribution in [0.4, 0.5) is 18.9 Å². The number of hydrogen-bond donors (Lipinski definition) is 1. The van der Waals surface area contributed by atoms with Gasteiger partial charge in [-0.05, 0) is 29.8 Å². The third-order valence-electron chi connectivity index (χ3n) is 4.32. The van der Waals surface area contributed by atoms with E-state index in [-0.39, 0.29) is 11.4 Å². The Kier molecular flexibility index (Phi) is 7.49. The summed E-state index contributed by atoms with van der Waals surface area (Å²) in [6.07, 6.45) is -4.61. The molecule has 0 aliphatic carbocycles. The molecular formula is C22H26F3NO4. The van der Waals surface area contributed by atoms with Gasteiger partial charge in [0.05, 0.1) is 5.69 Å². The molecule has 2 rings (SSSR count). The number of carbonyl (C=O) groups excluding carboxylic acids is 1. The van der Waals surface area contributed by atoms with Crippen molar-refractivity contribution in [2.24, 2.45) is 5.41 Å². The van der Waals surface area contributed by atoms with Crippen molar-refractivity contribution in [1.82, 2.24) is 0 Å². The van der Waals surface area contributed by atoms with Gasteiger partial charge < -0.3 is 19.5 Å². The lowest BCUT2D eigenvalue weighted by Gasteiger charge is -2.21. The van der Waals surface area contributed by atoms with Gasteiger partial charge in [-0.3, -0.25) is 4.79 Å². The summed E-state index contributed by atoms with van der Waals surface area (Å²) < 4.78 is 56.6. The third-order valence-corrected chi connectivity index (χ3v) is 4.32. The molecule has 5 nitrogen and oxygen atoms in total. The highest BCUT2D eigenvalue weighted by Gasteiger charge is 2.36. The van der Waals surface area contributed by atoms with Crippen molar-refractivity contribution in [3.63, 3.8) is 0 Å². The molecule has 0 fully saturated rings. The molecule has 30 heavy (non-hydrogen) atoms. The van der Waals surface area contributed by atoms with E-state index < -0.39 is 35.1 Å². The lowest BCUT2D eigenvalue weighted by Crippen LogP contribution is -2.28. The van der Waals surface area contributed by atoms with Crippen LogP contribution >= 0.6 is 0 Å². The third kappa shape index (κ3) is 6.21. The fraction of sp³-hybridized carbons (Fsp3) is 0.409. The molecule has 164 valence electrons. The van der Waals surface area contributed by atoms with Gasteiger partial charge >= 0.3 is 6.18 Å². The van der Waals surface area contributed by atoms with Gasteiger partial charge in [-0.2, -0.15) is 13.2 Å². The minimum atomic E-state index is -4.65. The molecule has 0 aliphatic heterocycles. The summed E-state index contributed by atoms with van der Waals surface area (Å²) in [5.74, 6) is -0.678. The molecule has 0 aliphatic rings. The van der Waals surface area contributed by atoms with E-state index in [1.165, 1.54) is 26.4 Å². The largest absolute Gasteiger partial charge is 0.455 e. The standard InChI is InChI=1S/C22H26F3NO4/c1-21(2,3)20(27)26-17-8-6-7-16(22(23,24)25)19(17)30-15-11-9-14(10-12-15)13-18(28-4)29-5/h6-12,18H,13H2,1-5H3,(H,26,27). The van der Waals surface area contributed by atoms with Gasteiger partial charge in [-0.25, -0.2) is 0 Å². The summed E-state index contributed by atoms with van der Waals surface area (Å²) in [7, 11) is 3.04. The number of halogens is 3. The number of ether oxygens (including phenoxy) is 3. The number of hydrogen-bond acceptors (Lipinski definition) is 4. The number of amides is 1. The number of carbonyl (C=O) groups is 1. The monoisotopic (exact) mass is 425 g/mol. The average Bonchev–Trinajstić information content (AvgIpc) is 2.67. The lowest BCUT2D eigenvalue weighted by atomic mass is 9.95. The maximum Gasteiger partial charge on any atom is 0.420 e. The zero-order chi connectivity index (χ0) is 22.5. The molecule has 1 N–H and O–H groups in total. The molecule has 0 aromatic heterocycles. The fourth-order valence-corrected chi connectivity index (χ4v) is 2.55. The molecule has 0 atom stereocenters. The molecule has 8 heteroatoms. The molecule has 2 aromatic rings. The van der Waals surface area contributed by atoms with Crippen LogP contribution in [0.2, 0.25) is 0 Å². The van der Waals surface area contributed by atoms with Crippen LogP contribution in [-0.4, -0.2) is 26.4 Å². The van der Waals surface area contributed by atoms with Crippen LogP contribution in [0.1, 0.15) is 31.9 Å². The highest BCUT2D eigenvalue weighted by atomic mass is 19.4. The van der Waals surface area contributed by atoms with Gasteiger partial charge in [0.1, 0.15) is 11.3 Å². The fourth-order valence-electron chi connectivity index (χ4n) is 2.55. The van der Waals surface area contributed by atoms with Crippen molar-refractivity contribution in [2.75, 3.05) is 19.5 Å². The second-order valence-corrected chi connectivity index (χ2v) is 7.74. The first-order valence-corrected chi connectivity index (χ1v) is 9.29. The summed E-state index contributed by atoms with van der Waals surface area (Å²) in [6.45, 7) is 5.01. The summed E-state index contributed by atoms with van der Waals surface area (Å²) in [5, 5.41) is 2.54. The van der Waals surface area contributed by atoms with E-state index >= 15 is 0 Å². The van der Waals surface area contributed by atoms with Gasteiger partial charge in [0.25, 0.3) is 0 Å². The first-order chi connectivity index (χ1) is 14.0. The van der Waals surface area contributed by atoms with Crippen molar-refractivity contribution >= 4 is 11.6 Å². The number of para-hydroxylation sites is 1. The number of nitrogens with one attached hydrogen (secondary N) is 1. The number of benzene rings is 2. The van der Waals surface area contributed by atoms with Crippen molar-refractivity contribution < 1.29 is 32.2 Å². The normalized spacial score (nSPS) is 12.2. The molecule has 0 radical (unpaired) electrons. The predicted molar refractivity (Wildman–Crippen MR) is 108 cm³/mol. The summed E-state index contributed by atoms with van der Waals surface area (Å²) in [6, 6.07) is 10.1. The highest BCUT2D eigenvalue weighted by molar-refractivity contribution is 5.96. The summed E-state index contributed by atoms with van der Waals surface area (Å²) in [4.78, 5) is 12.3. The Bertz CT molecular complexity index is 854. The Morgan fingerprint density at radius 3 is 2.10 bits per heavy atom. The first kappa shape index (κ1) is 23.7. The molecule has 0 unspecified atom stereocenters. The Labute approximate surface area is 174 Å². The highest BCUT2D eigenvalue weighted by Crippen LogP contribution is 2.43. The predicted octanol–water partition coefficient (Wildman–Crippen LogP) is 5.64. The molecule has 0 saturated carbocycles. The van der Waals surface area contributed by atoms with Gasteiger partial charge in [-0.15, -0.1) is 0 Å². The van der Waals surface area contributed by atoms with E-state index in [1.54, 1.807) is 45.0 Å². The lowest BCUT2D eigenvalue weighted by molar-refractivity contribution is -0.138. The Morgan fingerprint density at radius 2 is 1.60 bits per heavy atom. The maximum atomic E-state index is 13.6. The summed E-state index contributed by atoms with van der Waals surface area (Å²) >= 11 is 0. The number of anilines is 1. The number of methoxy groups -OCH3 is 2. The van der Waals surface area contributed by atoms with Crippen LogP contribution < -0.4 is 10.1 Å². The Balaban J connectivity index is 2.36. The maximum absolute atomic E-state index is 13.6. The van der Waals surface area contributed by atoms with Crippen molar-refractivity contribution in [2.45, 2.75) is 39.7 Å². The Morgan fingerprint density at radius 1 is 1.00 bits per heavy atom. The molecule has 0 saturated heterocycles. The number of rotatable bonds is 7. The van der Waals surface area contributed by atoms with Gasteiger partial charge in [0, 0.05) is 26.1 Å². The SMILES string of the molecule is COC(Cc1ccc(Oc2c(NC(=O)C(C)(C)C)cccc2C(F)(F)F)cc1)OC. The van der Waals surface area contributed by atoms with E-state index in [4.69, 9.17) is 14.2 Å². The van der Waals surface area contributed by atoms with E-state index in [2.05, 4.69) is 5.32 Å². The molecule has 0 spiro atoms. The van der Waals surface area contributed by atoms with Gasteiger partial charge in [-0.1, -0.05) is 39.0 Å². The second-order valence-electron chi connectivity index (χ2n) is 7.74.